The summed E-state index contributed by atoms with van der Waals surface area (Å²) in [7, 11) is -2.32. The molecule has 2 amide bonds. The van der Waals surface area contributed by atoms with Gasteiger partial charge >= 0.3 is 18.0 Å². The maximum Gasteiger partial charge on any atom is 0.407 e. The van der Waals surface area contributed by atoms with Crippen molar-refractivity contribution in [1.82, 2.24) is 19.8 Å². The lowest BCUT2D eigenvalue weighted by atomic mass is 9.84. The molecule has 1 N–H and O–H groups in total. The lowest BCUT2D eigenvalue weighted by Gasteiger charge is -2.42. The van der Waals surface area contributed by atoms with Gasteiger partial charge < -0.3 is 28.7 Å². The van der Waals surface area contributed by atoms with Crippen molar-refractivity contribution in [1.29, 1.82) is 0 Å². The minimum atomic E-state index is -2.32. The monoisotopic (exact) mass is 756 g/mol. The molecule has 0 aliphatic rings. The second-order valence-electron chi connectivity index (χ2n) is 17.0. The first kappa shape index (κ1) is 43.3. The van der Waals surface area contributed by atoms with Crippen molar-refractivity contribution in [2.45, 2.75) is 106 Å². The summed E-state index contributed by atoms with van der Waals surface area (Å²) in [6, 6.07) is 11.8. The van der Waals surface area contributed by atoms with E-state index in [4.69, 9.17) is 18.9 Å². The fraction of sp³-hybridized carbons (Fsp3) is 0.550. The fourth-order valence-corrected chi connectivity index (χ4v) is 6.61. The van der Waals surface area contributed by atoms with Crippen LogP contribution in [0.25, 0.3) is 11.3 Å². The van der Waals surface area contributed by atoms with Crippen LogP contribution in [0, 0.1) is 23.0 Å². The van der Waals surface area contributed by atoms with Crippen LogP contribution in [0.1, 0.15) is 86.7 Å². The summed E-state index contributed by atoms with van der Waals surface area (Å²) >= 11 is 0. The Balaban J connectivity index is 2.24. The van der Waals surface area contributed by atoms with Gasteiger partial charge in [0.05, 0.1) is 18.3 Å². The molecule has 0 aliphatic carbocycles. The zero-order chi connectivity index (χ0) is 39.9. The van der Waals surface area contributed by atoms with Crippen LogP contribution in [-0.4, -0.2) is 72.6 Å². The van der Waals surface area contributed by atoms with E-state index in [0.29, 0.717) is 5.82 Å². The van der Waals surface area contributed by atoms with Crippen LogP contribution in [0.4, 0.5) is 13.6 Å². The molecule has 3 rings (SSSR count). The van der Waals surface area contributed by atoms with Crippen LogP contribution in [0.3, 0.4) is 0 Å². The molecule has 13 heteroatoms. The number of hydrogen-bond donors (Lipinski definition) is 1. The third-order valence-corrected chi connectivity index (χ3v) is 13.7. The number of ether oxygens (including phenoxy) is 2. The van der Waals surface area contributed by atoms with Crippen molar-refractivity contribution >= 4 is 26.3 Å². The van der Waals surface area contributed by atoms with E-state index in [1.54, 1.807) is 38.5 Å². The van der Waals surface area contributed by atoms with E-state index in [9.17, 15) is 18.8 Å². The molecule has 2 atom stereocenters. The van der Waals surface area contributed by atoms with Gasteiger partial charge in [-0.05, 0) is 75.0 Å². The molecule has 10 nitrogen and oxygen atoms in total. The second kappa shape index (κ2) is 17.4. The maximum atomic E-state index is 15.2. The molecule has 0 spiro atoms. The van der Waals surface area contributed by atoms with Crippen LogP contribution >= 0.6 is 0 Å². The van der Waals surface area contributed by atoms with Crippen LogP contribution in [0.15, 0.2) is 54.7 Å². The summed E-state index contributed by atoms with van der Waals surface area (Å²) in [5, 5.41) is 2.70. The SMILES string of the molecule is CCOC(=O)C(=O)N(CC(CNC(=O)OC(C)(C)C)CO[Si](C)(C)C(C)(C)C)[C@@H](c1nc(-c2cc(F)ccc2F)cn1Cc1ccccc1)C(C)(C)C. The van der Waals surface area contributed by atoms with E-state index in [1.807, 2.05) is 51.1 Å². The molecular formula is C40H58F2N4O6Si. The summed E-state index contributed by atoms with van der Waals surface area (Å²) in [5.74, 6) is -3.42. The maximum absolute atomic E-state index is 15.2. The Hall–Kier alpha value is -4.10. The molecule has 0 saturated carbocycles. The van der Waals surface area contributed by atoms with E-state index >= 15 is 4.39 Å². The van der Waals surface area contributed by atoms with Gasteiger partial charge in [0.1, 0.15) is 23.1 Å². The Kier molecular flexibility index (Phi) is 14.2. The Bertz CT molecular complexity index is 1710. The molecule has 0 fully saturated rings. The van der Waals surface area contributed by atoms with Crippen molar-refractivity contribution in [3.63, 3.8) is 0 Å². The number of benzene rings is 2. The summed E-state index contributed by atoms with van der Waals surface area (Å²) in [6.45, 7) is 23.6. The molecule has 1 heterocycles. The van der Waals surface area contributed by atoms with E-state index < -0.39 is 60.9 Å². The third-order valence-electron chi connectivity index (χ3n) is 9.17. The summed E-state index contributed by atoms with van der Waals surface area (Å²) in [5.41, 5.74) is -0.500. The largest absolute Gasteiger partial charge is 0.459 e. The van der Waals surface area contributed by atoms with Gasteiger partial charge in [0.25, 0.3) is 0 Å². The summed E-state index contributed by atoms with van der Waals surface area (Å²) in [4.78, 5) is 46.8. The smallest absolute Gasteiger partial charge is 0.407 e. The Morgan fingerprint density at radius 2 is 1.60 bits per heavy atom. The van der Waals surface area contributed by atoms with Crippen LogP contribution in [0.5, 0.6) is 0 Å². The van der Waals surface area contributed by atoms with E-state index in [2.05, 4.69) is 39.2 Å². The van der Waals surface area contributed by atoms with Gasteiger partial charge in [0.2, 0.25) is 0 Å². The van der Waals surface area contributed by atoms with Gasteiger partial charge in [0, 0.05) is 43.9 Å². The Labute approximate surface area is 314 Å². The van der Waals surface area contributed by atoms with Gasteiger partial charge in [0.15, 0.2) is 8.32 Å². The topological polar surface area (TPSA) is 112 Å². The normalized spacial score (nSPS) is 13.6. The van der Waals surface area contributed by atoms with Gasteiger partial charge in [-0.25, -0.2) is 23.4 Å². The molecule has 1 unspecified atom stereocenters. The minimum absolute atomic E-state index is 0.0255. The molecule has 0 saturated heterocycles. The summed E-state index contributed by atoms with van der Waals surface area (Å²) < 4.78 is 48.9. The molecule has 0 bridgehead atoms. The first-order valence-electron chi connectivity index (χ1n) is 18.1. The van der Waals surface area contributed by atoms with Crippen molar-refractivity contribution in [2.75, 3.05) is 26.3 Å². The molecular weight excluding hydrogens is 699 g/mol. The first-order valence-corrected chi connectivity index (χ1v) is 21.0. The molecule has 292 valence electrons. The number of esters is 1. The molecule has 0 radical (unpaired) electrons. The fourth-order valence-electron chi connectivity index (χ4n) is 5.53. The molecule has 0 aliphatic heterocycles. The van der Waals surface area contributed by atoms with E-state index in [1.165, 1.54) is 4.90 Å². The number of carbonyl (C=O) groups is 3. The number of aromatic nitrogens is 2. The number of nitrogens with one attached hydrogen (secondary N) is 1. The number of nitrogens with zero attached hydrogens (tertiary/aromatic N) is 3. The standard InChI is InChI=1S/C40H58F2N4O6Si/c1-13-50-36(48)35(47)46(24-28(22-43-37(49)52-39(5,6)7)26-51-53(11,12)40(8,9)10)33(38(2,3)4)34-44-32(30-21-29(41)19-20-31(30)42)25-45(34)23-27-17-15-14-16-18-27/h14-21,25,28,33H,13,22-24,26H2,1-12H3,(H,43,49)/t28?,33-/m0/s1. The lowest BCUT2D eigenvalue weighted by Crippen LogP contribution is -2.51. The highest BCUT2D eigenvalue weighted by Crippen LogP contribution is 2.41. The number of amides is 2. The number of hydrogen-bond acceptors (Lipinski definition) is 7. The van der Waals surface area contributed by atoms with Crippen molar-refractivity contribution < 1.29 is 37.1 Å². The molecule has 1 aromatic heterocycles. The highest BCUT2D eigenvalue weighted by atomic mass is 28.4. The van der Waals surface area contributed by atoms with E-state index in [0.717, 1.165) is 23.8 Å². The Morgan fingerprint density at radius 3 is 2.17 bits per heavy atom. The quantitative estimate of drug-likeness (QED) is 0.106. The van der Waals surface area contributed by atoms with Crippen LogP contribution in [0.2, 0.25) is 18.1 Å². The zero-order valence-corrected chi connectivity index (χ0v) is 34.4. The number of carbonyl (C=O) groups excluding carboxylic acids is 3. The minimum Gasteiger partial charge on any atom is -0.459 e. The predicted molar refractivity (Wildman–Crippen MR) is 205 cm³/mol. The first-order chi connectivity index (χ1) is 24.4. The number of rotatable bonds is 13. The summed E-state index contributed by atoms with van der Waals surface area (Å²) in [6.07, 6.45) is 0.999. The average Bonchev–Trinajstić information content (AvgIpc) is 3.43. The number of halogens is 2. The molecule has 2 aromatic carbocycles. The lowest BCUT2D eigenvalue weighted by molar-refractivity contribution is -0.163. The predicted octanol–water partition coefficient (Wildman–Crippen LogP) is 8.52. The molecule has 3 aromatic rings. The van der Waals surface area contributed by atoms with Gasteiger partial charge in [-0.3, -0.25) is 4.79 Å². The van der Waals surface area contributed by atoms with Crippen LogP contribution in [-0.2, 0) is 30.0 Å². The average molecular weight is 757 g/mol. The molecule has 53 heavy (non-hydrogen) atoms. The zero-order valence-electron chi connectivity index (χ0n) is 33.4. The highest BCUT2D eigenvalue weighted by Gasteiger charge is 2.43. The Morgan fingerprint density at radius 1 is 0.962 bits per heavy atom. The second-order valence-corrected chi connectivity index (χ2v) is 21.8. The van der Waals surface area contributed by atoms with Crippen molar-refractivity contribution in [2.24, 2.45) is 11.3 Å². The van der Waals surface area contributed by atoms with Crippen molar-refractivity contribution in [3.05, 3.63) is 77.8 Å². The van der Waals surface area contributed by atoms with Gasteiger partial charge in [-0.2, -0.15) is 0 Å². The number of alkyl carbamates (subject to hydrolysis) is 1. The van der Waals surface area contributed by atoms with E-state index in [-0.39, 0.29) is 49.1 Å². The van der Waals surface area contributed by atoms with Gasteiger partial charge in [-0.1, -0.05) is 71.9 Å². The van der Waals surface area contributed by atoms with Crippen molar-refractivity contribution in [3.8, 4) is 11.3 Å². The third kappa shape index (κ3) is 12.2. The number of imidazole rings is 1. The van der Waals surface area contributed by atoms with Crippen LogP contribution < -0.4 is 5.32 Å². The van der Waals surface area contributed by atoms with Gasteiger partial charge in [-0.15, -0.1) is 0 Å². The highest BCUT2D eigenvalue weighted by molar-refractivity contribution is 6.74.